The number of hydrogen-bond donors (Lipinski definition) is 1. The molecule has 2 aromatic carbocycles. The van der Waals surface area contributed by atoms with E-state index in [1.165, 1.54) is 36.0 Å². The van der Waals surface area contributed by atoms with Crippen molar-refractivity contribution in [2.24, 2.45) is 0 Å². The molecule has 0 radical (unpaired) electrons. The van der Waals surface area contributed by atoms with Crippen LogP contribution in [-0.2, 0) is 4.79 Å². The quantitative estimate of drug-likeness (QED) is 0.506. The number of halogens is 3. The standard InChI is InChI=1S/C23H26F3N3O2/c24-23(25,26)31-21-10-5-4-7-19(21)11-12-22(30)27-13-6-14-28-15-17-29(18-16-28)20-8-2-1-3-9-20/h1-5,7-12H,6,13-18H2,(H,27,30)/b12-11+. The van der Waals surface area contributed by atoms with E-state index in [-0.39, 0.29) is 17.2 Å². The molecule has 3 rings (SSSR count). The minimum absolute atomic E-state index is 0.186. The molecule has 2 aromatic rings. The van der Waals surface area contributed by atoms with Crippen molar-refractivity contribution in [1.29, 1.82) is 0 Å². The fourth-order valence-corrected chi connectivity index (χ4v) is 3.44. The van der Waals surface area contributed by atoms with E-state index in [1.807, 2.05) is 18.2 Å². The number of para-hydroxylation sites is 2. The third kappa shape index (κ3) is 7.64. The first-order valence-corrected chi connectivity index (χ1v) is 10.2. The predicted octanol–water partition coefficient (Wildman–Crippen LogP) is 3.93. The molecule has 0 aromatic heterocycles. The summed E-state index contributed by atoms with van der Waals surface area (Å²) < 4.78 is 41.3. The molecule has 1 saturated heterocycles. The van der Waals surface area contributed by atoms with Crippen molar-refractivity contribution >= 4 is 17.7 Å². The third-order valence-corrected chi connectivity index (χ3v) is 5.00. The lowest BCUT2D eigenvalue weighted by molar-refractivity contribution is -0.274. The van der Waals surface area contributed by atoms with Crippen LogP contribution in [0.15, 0.2) is 60.7 Å². The molecule has 0 unspecified atom stereocenters. The molecule has 1 N–H and O–H groups in total. The summed E-state index contributed by atoms with van der Waals surface area (Å²) >= 11 is 0. The molecule has 0 atom stereocenters. The van der Waals surface area contributed by atoms with Gasteiger partial charge >= 0.3 is 6.36 Å². The zero-order valence-electron chi connectivity index (χ0n) is 17.1. The van der Waals surface area contributed by atoms with Gasteiger partial charge in [0, 0.05) is 50.1 Å². The number of nitrogens with zero attached hydrogens (tertiary/aromatic N) is 2. The fraction of sp³-hybridized carbons (Fsp3) is 0.348. The molecule has 166 valence electrons. The van der Waals surface area contributed by atoms with Crippen LogP contribution >= 0.6 is 0 Å². The second-order valence-electron chi connectivity index (χ2n) is 7.23. The van der Waals surface area contributed by atoms with Gasteiger partial charge in [0.15, 0.2) is 0 Å². The monoisotopic (exact) mass is 433 g/mol. The van der Waals surface area contributed by atoms with Gasteiger partial charge < -0.3 is 15.0 Å². The van der Waals surface area contributed by atoms with E-state index < -0.39 is 6.36 Å². The maximum Gasteiger partial charge on any atom is 0.573 e. The number of amides is 1. The Kier molecular flexibility index (Phi) is 7.94. The van der Waals surface area contributed by atoms with Gasteiger partial charge in [-0.1, -0.05) is 36.4 Å². The Bertz CT molecular complexity index is 864. The van der Waals surface area contributed by atoms with Crippen LogP contribution in [0.4, 0.5) is 18.9 Å². The summed E-state index contributed by atoms with van der Waals surface area (Å²) in [5.41, 5.74) is 1.43. The highest BCUT2D eigenvalue weighted by atomic mass is 19.4. The summed E-state index contributed by atoms with van der Waals surface area (Å²) in [5.74, 6) is -0.690. The van der Waals surface area contributed by atoms with Crippen LogP contribution in [0.5, 0.6) is 5.75 Å². The van der Waals surface area contributed by atoms with E-state index in [4.69, 9.17) is 0 Å². The molecule has 31 heavy (non-hydrogen) atoms. The Morgan fingerprint density at radius 2 is 1.68 bits per heavy atom. The molecule has 1 aliphatic heterocycles. The van der Waals surface area contributed by atoms with Crippen LogP contribution in [-0.4, -0.2) is 56.4 Å². The van der Waals surface area contributed by atoms with Crippen molar-refractivity contribution in [3.63, 3.8) is 0 Å². The fourth-order valence-electron chi connectivity index (χ4n) is 3.44. The van der Waals surface area contributed by atoms with Gasteiger partial charge in [-0.05, 0) is 37.2 Å². The predicted molar refractivity (Wildman–Crippen MR) is 115 cm³/mol. The van der Waals surface area contributed by atoms with Crippen LogP contribution in [0, 0.1) is 0 Å². The number of nitrogens with one attached hydrogen (secondary N) is 1. The number of rotatable bonds is 8. The minimum atomic E-state index is -4.78. The molecule has 1 heterocycles. The van der Waals surface area contributed by atoms with Gasteiger partial charge in [0.2, 0.25) is 5.91 Å². The normalized spacial score (nSPS) is 15.3. The van der Waals surface area contributed by atoms with Gasteiger partial charge in [-0.3, -0.25) is 9.69 Å². The number of carbonyl (C=O) groups excluding carboxylic acids is 1. The number of carbonyl (C=O) groups is 1. The van der Waals surface area contributed by atoms with Gasteiger partial charge in [0.05, 0.1) is 0 Å². The van der Waals surface area contributed by atoms with E-state index in [0.717, 1.165) is 39.1 Å². The second kappa shape index (κ2) is 10.9. The first-order valence-electron chi connectivity index (χ1n) is 10.2. The number of alkyl halides is 3. The second-order valence-corrected chi connectivity index (χ2v) is 7.23. The lowest BCUT2D eigenvalue weighted by Crippen LogP contribution is -2.47. The van der Waals surface area contributed by atoms with Crippen molar-refractivity contribution in [3.8, 4) is 5.75 Å². The number of benzene rings is 2. The summed E-state index contributed by atoms with van der Waals surface area (Å²) in [6.45, 7) is 5.27. The average Bonchev–Trinajstić information content (AvgIpc) is 2.76. The summed E-state index contributed by atoms with van der Waals surface area (Å²) in [6, 6.07) is 16.0. The topological polar surface area (TPSA) is 44.8 Å². The Morgan fingerprint density at radius 3 is 2.39 bits per heavy atom. The van der Waals surface area contributed by atoms with E-state index in [0.29, 0.717) is 6.54 Å². The smallest absolute Gasteiger partial charge is 0.405 e. The highest BCUT2D eigenvalue weighted by Gasteiger charge is 2.31. The maximum absolute atomic E-state index is 12.5. The van der Waals surface area contributed by atoms with Crippen LogP contribution < -0.4 is 15.0 Å². The van der Waals surface area contributed by atoms with Crippen molar-refractivity contribution < 1.29 is 22.7 Å². The van der Waals surface area contributed by atoms with Gasteiger partial charge in [0.1, 0.15) is 5.75 Å². The Morgan fingerprint density at radius 1 is 1.00 bits per heavy atom. The summed E-state index contributed by atoms with van der Waals surface area (Å²) in [7, 11) is 0. The number of hydrogen-bond acceptors (Lipinski definition) is 4. The Hall–Kier alpha value is -3.00. The number of piperazine rings is 1. The van der Waals surface area contributed by atoms with Crippen molar-refractivity contribution in [2.45, 2.75) is 12.8 Å². The largest absolute Gasteiger partial charge is 0.573 e. The summed E-state index contributed by atoms with van der Waals surface area (Å²) in [4.78, 5) is 16.7. The SMILES string of the molecule is O=C(/C=C/c1ccccc1OC(F)(F)F)NCCCN1CCN(c2ccccc2)CC1. The molecule has 0 spiro atoms. The molecule has 1 fully saturated rings. The van der Waals surface area contributed by atoms with Crippen LogP contribution in [0.1, 0.15) is 12.0 Å². The maximum atomic E-state index is 12.5. The van der Waals surface area contributed by atoms with Gasteiger partial charge in [0.25, 0.3) is 0 Å². The lowest BCUT2D eigenvalue weighted by Gasteiger charge is -2.36. The van der Waals surface area contributed by atoms with E-state index >= 15 is 0 Å². The number of ether oxygens (including phenoxy) is 1. The van der Waals surface area contributed by atoms with Crippen molar-refractivity contribution in [2.75, 3.05) is 44.2 Å². The van der Waals surface area contributed by atoms with Gasteiger partial charge in [-0.2, -0.15) is 0 Å². The average molecular weight is 433 g/mol. The highest BCUT2D eigenvalue weighted by Crippen LogP contribution is 2.26. The zero-order valence-corrected chi connectivity index (χ0v) is 17.1. The van der Waals surface area contributed by atoms with Gasteiger partial charge in [-0.25, -0.2) is 0 Å². The summed E-state index contributed by atoms with van der Waals surface area (Å²) in [5, 5.41) is 2.77. The lowest BCUT2D eigenvalue weighted by atomic mass is 10.2. The molecule has 1 amide bonds. The molecule has 0 saturated carbocycles. The van der Waals surface area contributed by atoms with Crippen LogP contribution in [0.3, 0.4) is 0 Å². The number of anilines is 1. The first kappa shape index (κ1) is 22.7. The zero-order chi connectivity index (χ0) is 22.1. The summed E-state index contributed by atoms with van der Waals surface area (Å²) in [6.07, 6.45) is -1.44. The molecular weight excluding hydrogens is 407 g/mol. The van der Waals surface area contributed by atoms with Crippen molar-refractivity contribution in [1.82, 2.24) is 10.2 Å². The highest BCUT2D eigenvalue weighted by molar-refractivity contribution is 5.92. The first-order chi connectivity index (χ1) is 14.9. The Balaban J connectivity index is 1.36. The van der Waals surface area contributed by atoms with Crippen LogP contribution in [0.2, 0.25) is 0 Å². The molecular formula is C23H26F3N3O2. The minimum Gasteiger partial charge on any atom is -0.405 e. The van der Waals surface area contributed by atoms with Gasteiger partial charge in [-0.15, -0.1) is 13.2 Å². The molecule has 0 bridgehead atoms. The van der Waals surface area contributed by atoms with E-state index in [2.05, 4.69) is 32.0 Å². The van der Waals surface area contributed by atoms with Crippen molar-refractivity contribution in [3.05, 3.63) is 66.2 Å². The third-order valence-electron chi connectivity index (χ3n) is 5.00. The molecule has 5 nitrogen and oxygen atoms in total. The molecule has 1 aliphatic rings. The Labute approximate surface area is 180 Å². The van der Waals surface area contributed by atoms with Crippen LogP contribution in [0.25, 0.3) is 6.08 Å². The molecule has 0 aliphatic carbocycles. The van der Waals surface area contributed by atoms with E-state index in [1.54, 1.807) is 6.07 Å². The van der Waals surface area contributed by atoms with E-state index in [9.17, 15) is 18.0 Å². The molecule has 8 heteroatoms.